The number of carbonyl (C=O) groups excluding carboxylic acids is 1. The molecule has 0 bridgehead atoms. The quantitative estimate of drug-likeness (QED) is 0.878. The van der Waals surface area contributed by atoms with Crippen LogP contribution in [0.3, 0.4) is 0 Å². The Morgan fingerprint density at radius 1 is 1.30 bits per heavy atom. The zero-order valence-electron chi connectivity index (χ0n) is 12.9. The molecule has 0 aromatic heterocycles. The Bertz CT molecular complexity index is 760. The molecule has 1 amide bonds. The second kappa shape index (κ2) is 5.85. The smallest absolute Gasteiger partial charge is 0.254 e. The van der Waals surface area contributed by atoms with Crippen molar-refractivity contribution in [2.45, 2.75) is 31.9 Å². The first-order chi connectivity index (χ1) is 10.9. The van der Waals surface area contributed by atoms with Gasteiger partial charge in [-0.05, 0) is 38.1 Å². The van der Waals surface area contributed by atoms with Crippen molar-refractivity contribution in [3.63, 3.8) is 0 Å². The van der Waals surface area contributed by atoms with Crippen LogP contribution in [0.25, 0.3) is 0 Å². The van der Waals surface area contributed by atoms with Crippen molar-refractivity contribution >= 4 is 17.5 Å². The van der Waals surface area contributed by atoms with Crippen LogP contribution in [0.15, 0.2) is 42.5 Å². The average molecular weight is 334 g/mol. The maximum absolute atomic E-state index is 13.9. The highest BCUT2D eigenvalue weighted by Crippen LogP contribution is 2.39. The van der Waals surface area contributed by atoms with Crippen LogP contribution in [0.1, 0.15) is 42.2 Å². The maximum Gasteiger partial charge on any atom is 0.254 e. The summed E-state index contributed by atoms with van der Waals surface area (Å²) in [6.07, 6.45) is 0.602. The van der Waals surface area contributed by atoms with Gasteiger partial charge in [-0.2, -0.15) is 0 Å². The van der Waals surface area contributed by atoms with Crippen LogP contribution in [-0.2, 0) is 0 Å². The van der Waals surface area contributed by atoms with Gasteiger partial charge in [-0.25, -0.2) is 4.39 Å². The van der Waals surface area contributed by atoms with E-state index in [1.807, 2.05) is 38.1 Å². The van der Waals surface area contributed by atoms with Gasteiger partial charge in [0, 0.05) is 17.0 Å². The summed E-state index contributed by atoms with van der Waals surface area (Å²) in [4.78, 5) is 12.4. The normalized spacial score (nSPS) is 18.7. The fourth-order valence-corrected chi connectivity index (χ4v) is 3.00. The Labute approximate surface area is 139 Å². The third-order valence-electron chi connectivity index (χ3n) is 3.86. The SMILES string of the molecule is CC1(C)C[C@H](NC(=O)c2ccc(Cl)cc2F)c2ccccc2O1. The molecule has 5 heteroatoms. The zero-order valence-corrected chi connectivity index (χ0v) is 13.7. The first-order valence-electron chi connectivity index (χ1n) is 7.39. The van der Waals surface area contributed by atoms with Gasteiger partial charge in [0.25, 0.3) is 5.91 Å². The molecule has 2 aromatic carbocycles. The average Bonchev–Trinajstić information content (AvgIpc) is 2.45. The number of para-hydroxylation sites is 1. The van der Waals surface area contributed by atoms with E-state index in [1.165, 1.54) is 12.1 Å². The summed E-state index contributed by atoms with van der Waals surface area (Å²) in [6.45, 7) is 3.93. The second-order valence-electron chi connectivity index (χ2n) is 6.25. The molecule has 2 aromatic rings. The fraction of sp³-hybridized carbons (Fsp3) is 0.278. The first kappa shape index (κ1) is 15.8. The number of benzene rings is 2. The predicted octanol–water partition coefficient (Wildman–Crippen LogP) is 4.51. The van der Waals surface area contributed by atoms with Gasteiger partial charge < -0.3 is 10.1 Å². The maximum atomic E-state index is 13.9. The Morgan fingerprint density at radius 3 is 2.78 bits per heavy atom. The number of hydrogen-bond donors (Lipinski definition) is 1. The number of rotatable bonds is 2. The molecule has 1 N–H and O–H groups in total. The predicted molar refractivity (Wildman–Crippen MR) is 87.4 cm³/mol. The van der Waals surface area contributed by atoms with E-state index in [1.54, 1.807) is 0 Å². The lowest BCUT2D eigenvalue weighted by Gasteiger charge is -2.37. The highest BCUT2D eigenvalue weighted by atomic mass is 35.5. The molecule has 1 atom stereocenters. The van der Waals surface area contributed by atoms with E-state index >= 15 is 0 Å². The summed E-state index contributed by atoms with van der Waals surface area (Å²) in [7, 11) is 0. The van der Waals surface area contributed by atoms with Gasteiger partial charge in [0.2, 0.25) is 0 Å². The minimum atomic E-state index is -0.630. The topological polar surface area (TPSA) is 38.3 Å². The number of fused-ring (bicyclic) bond motifs is 1. The summed E-state index contributed by atoms with van der Waals surface area (Å²) in [5, 5.41) is 3.17. The van der Waals surface area contributed by atoms with Crippen LogP contribution < -0.4 is 10.1 Å². The van der Waals surface area contributed by atoms with E-state index in [0.29, 0.717) is 6.42 Å². The fourth-order valence-electron chi connectivity index (χ4n) is 2.84. The highest BCUT2D eigenvalue weighted by molar-refractivity contribution is 6.30. The van der Waals surface area contributed by atoms with E-state index in [-0.39, 0.29) is 16.6 Å². The number of ether oxygens (including phenoxy) is 1. The van der Waals surface area contributed by atoms with Gasteiger partial charge >= 0.3 is 0 Å². The van der Waals surface area contributed by atoms with Gasteiger partial charge in [-0.1, -0.05) is 29.8 Å². The summed E-state index contributed by atoms with van der Waals surface area (Å²) in [5.41, 5.74) is 0.468. The number of hydrogen-bond acceptors (Lipinski definition) is 2. The lowest BCUT2D eigenvalue weighted by Crippen LogP contribution is -2.41. The van der Waals surface area contributed by atoms with Gasteiger partial charge in [0.05, 0.1) is 11.6 Å². The number of carbonyl (C=O) groups is 1. The third-order valence-corrected chi connectivity index (χ3v) is 4.09. The standard InChI is InChI=1S/C18H17ClFNO2/c1-18(2)10-15(13-5-3-4-6-16(13)23-18)21-17(22)12-8-7-11(19)9-14(12)20/h3-9,15H,10H2,1-2H3,(H,21,22)/t15-/m0/s1. The van der Waals surface area contributed by atoms with Crippen molar-refractivity contribution in [1.29, 1.82) is 0 Å². The van der Waals surface area contributed by atoms with Crippen molar-refractivity contribution < 1.29 is 13.9 Å². The van der Waals surface area contributed by atoms with E-state index in [0.717, 1.165) is 17.4 Å². The van der Waals surface area contributed by atoms with Gasteiger partial charge in [0.15, 0.2) is 0 Å². The van der Waals surface area contributed by atoms with Crippen molar-refractivity contribution in [2.75, 3.05) is 0 Å². The lowest BCUT2D eigenvalue weighted by molar-refractivity contribution is 0.0618. The first-order valence-corrected chi connectivity index (χ1v) is 7.77. The number of halogens is 2. The molecular formula is C18H17ClFNO2. The summed E-state index contributed by atoms with van der Waals surface area (Å²) in [5.74, 6) is -0.350. The zero-order chi connectivity index (χ0) is 16.6. The van der Waals surface area contributed by atoms with Crippen LogP contribution in [0, 0.1) is 5.82 Å². The largest absolute Gasteiger partial charge is 0.487 e. The number of amides is 1. The minimum Gasteiger partial charge on any atom is -0.487 e. The molecule has 0 aliphatic carbocycles. The van der Waals surface area contributed by atoms with Crippen LogP contribution >= 0.6 is 11.6 Å². The van der Waals surface area contributed by atoms with Crippen LogP contribution in [0.5, 0.6) is 5.75 Å². The van der Waals surface area contributed by atoms with Gasteiger partial charge in [-0.3, -0.25) is 4.79 Å². The highest BCUT2D eigenvalue weighted by Gasteiger charge is 2.34. The van der Waals surface area contributed by atoms with Gasteiger partial charge in [-0.15, -0.1) is 0 Å². The molecule has 0 radical (unpaired) electrons. The molecule has 3 nitrogen and oxygen atoms in total. The Morgan fingerprint density at radius 2 is 2.04 bits per heavy atom. The molecule has 120 valence electrons. The molecule has 1 aliphatic heterocycles. The molecule has 0 spiro atoms. The molecule has 1 aliphatic rings. The Balaban J connectivity index is 1.88. The minimum absolute atomic E-state index is 0.0174. The Hall–Kier alpha value is -2.07. The Kier molecular flexibility index (Phi) is 4.02. The lowest BCUT2D eigenvalue weighted by atomic mass is 9.89. The van der Waals surface area contributed by atoms with E-state index < -0.39 is 17.3 Å². The van der Waals surface area contributed by atoms with Crippen LogP contribution in [0.2, 0.25) is 5.02 Å². The summed E-state index contributed by atoms with van der Waals surface area (Å²) in [6, 6.07) is 11.4. The van der Waals surface area contributed by atoms with Crippen molar-refractivity contribution in [3.8, 4) is 5.75 Å². The van der Waals surface area contributed by atoms with Crippen LogP contribution in [0.4, 0.5) is 4.39 Å². The second-order valence-corrected chi connectivity index (χ2v) is 6.69. The molecule has 0 fully saturated rings. The molecule has 1 heterocycles. The summed E-state index contributed by atoms with van der Waals surface area (Å²) >= 11 is 5.73. The monoisotopic (exact) mass is 333 g/mol. The van der Waals surface area contributed by atoms with E-state index in [4.69, 9.17) is 16.3 Å². The van der Waals surface area contributed by atoms with Crippen molar-refractivity contribution in [3.05, 3.63) is 64.4 Å². The van der Waals surface area contributed by atoms with E-state index in [9.17, 15) is 9.18 Å². The summed E-state index contributed by atoms with van der Waals surface area (Å²) < 4.78 is 19.9. The molecule has 0 saturated carbocycles. The molecular weight excluding hydrogens is 317 g/mol. The van der Waals surface area contributed by atoms with Gasteiger partial charge in [0.1, 0.15) is 17.2 Å². The molecule has 23 heavy (non-hydrogen) atoms. The van der Waals surface area contributed by atoms with Crippen molar-refractivity contribution in [2.24, 2.45) is 0 Å². The van der Waals surface area contributed by atoms with Crippen LogP contribution in [-0.4, -0.2) is 11.5 Å². The molecule has 0 saturated heterocycles. The van der Waals surface area contributed by atoms with Crippen molar-refractivity contribution in [1.82, 2.24) is 5.32 Å². The molecule has 0 unspecified atom stereocenters. The molecule has 3 rings (SSSR count). The number of nitrogens with one attached hydrogen (secondary N) is 1. The third kappa shape index (κ3) is 3.32. The van der Waals surface area contributed by atoms with E-state index in [2.05, 4.69) is 5.32 Å².